The molecule has 1 saturated heterocycles. The molecule has 0 unspecified atom stereocenters. The van der Waals surface area contributed by atoms with E-state index in [2.05, 4.69) is 9.88 Å². The van der Waals surface area contributed by atoms with E-state index < -0.39 is 10.0 Å². The highest BCUT2D eigenvalue weighted by Crippen LogP contribution is 2.31. The second-order valence-corrected chi connectivity index (χ2v) is 10.8. The highest BCUT2D eigenvalue weighted by Gasteiger charge is 2.35. The second-order valence-electron chi connectivity index (χ2n) is 7.32. The van der Waals surface area contributed by atoms with Crippen LogP contribution in [-0.2, 0) is 10.0 Å². The molecule has 1 fully saturated rings. The molecule has 0 amide bonds. The summed E-state index contributed by atoms with van der Waals surface area (Å²) in [6, 6.07) is 7.67. The summed E-state index contributed by atoms with van der Waals surface area (Å²) in [5.41, 5.74) is 1.66. The molecule has 150 valence electrons. The number of thiazole rings is 1. The summed E-state index contributed by atoms with van der Waals surface area (Å²) in [6.07, 6.45) is 1.87. The Kier molecular flexibility index (Phi) is 5.16. The Balaban J connectivity index is 1.63. The van der Waals surface area contributed by atoms with Gasteiger partial charge in [-0.1, -0.05) is 31.5 Å². The number of aryl methyl sites for hydroxylation is 1. The van der Waals surface area contributed by atoms with Gasteiger partial charge in [0.2, 0.25) is 0 Å². The topological polar surface area (TPSA) is 57.9 Å². The van der Waals surface area contributed by atoms with Gasteiger partial charge in [-0.15, -0.1) is 11.3 Å². The van der Waals surface area contributed by atoms with E-state index in [0.29, 0.717) is 41.9 Å². The number of imidazole rings is 1. The van der Waals surface area contributed by atoms with Gasteiger partial charge < -0.3 is 4.90 Å². The Bertz CT molecular complexity index is 1110. The van der Waals surface area contributed by atoms with Gasteiger partial charge in [-0.2, -0.15) is 4.31 Å². The Morgan fingerprint density at radius 1 is 1.18 bits per heavy atom. The van der Waals surface area contributed by atoms with Gasteiger partial charge in [0.05, 0.1) is 5.69 Å². The van der Waals surface area contributed by atoms with Crippen molar-refractivity contribution in [2.24, 2.45) is 0 Å². The minimum atomic E-state index is -3.63. The highest BCUT2D eigenvalue weighted by atomic mass is 35.5. The van der Waals surface area contributed by atoms with Gasteiger partial charge >= 0.3 is 0 Å². The molecule has 28 heavy (non-hydrogen) atoms. The zero-order valence-corrected chi connectivity index (χ0v) is 18.5. The lowest BCUT2D eigenvalue weighted by atomic mass is 10.2. The Labute approximate surface area is 174 Å². The van der Waals surface area contributed by atoms with Crippen LogP contribution in [-0.4, -0.2) is 48.3 Å². The van der Waals surface area contributed by atoms with Crippen molar-refractivity contribution in [2.75, 3.05) is 31.1 Å². The van der Waals surface area contributed by atoms with Crippen LogP contribution in [0.5, 0.6) is 0 Å². The van der Waals surface area contributed by atoms with Gasteiger partial charge in [-0.3, -0.25) is 4.40 Å². The molecule has 9 heteroatoms. The molecule has 3 heterocycles. The van der Waals surface area contributed by atoms with Crippen LogP contribution in [0.3, 0.4) is 0 Å². The number of hydrogen-bond acceptors (Lipinski definition) is 5. The Hall–Kier alpha value is -1.61. The molecule has 0 saturated carbocycles. The van der Waals surface area contributed by atoms with Crippen LogP contribution in [0.4, 0.5) is 5.69 Å². The van der Waals surface area contributed by atoms with E-state index >= 15 is 0 Å². The average Bonchev–Trinajstić information content (AvgIpc) is 3.18. The van der Waals surface area contributed by atoms with Gasteiger partial charge in [0.15, 0.2) is 9.99 Å². The zero-order chi connectivity index (χ0) is 20.1. The summed E-state index contributed by atoms with van der Waals surface area (Å²) >= 11 is 7.61. The van der Waals surface area contributed by atoms with Gasteiger partial charge in [0.25, 0.3) is 10.0 Å². The van der Waals surface area contributed by atoms with Crippen molar-refractivity contribution in [1.29, 1.82) is 0 Å². The number of hydrogen-bond donors (Lipinski definition) is 0. The number of fused-ring (bicyclic) bond motifs is 1. The van der Waals surface area contributed by atoms with E-state index in [-0.39, 0.29) is 5.92 Å². The number of nitrogens with zero attached hydrogens (tertiary/aromatic N) is 4. The van der Waals surface area contributed by atoms with Gasteiger partial charge in [0, 0.05) is 48.0 Å². The third-order valence-electron chi connectivity index (χ3n) is 4.97. The van der Waals surface area contributed by atoms with Crippen LogP contribution >= 0.6 is 22.9 Å². The smallest absolute Gasteiger partial charge is 0.261 e. The Morgan fingerprint density at radius 2 is 1.89 bits per heavy atom. The standard InChI is InChI=1S/C19H23ClN4O2S2/c1-13(2)17-18(24-12-14(3)27-19(24)21-17)28(25,26)23-9-7-22(8-10-23)16-6-4-5-15(20)11-16/h4-6,11-13H,7-10H2,1-3H3. The maximum absolute atomic E-state index is 13.5. The number of rotatable bonds is 4. The summed E-state index contributed by atoms with van der Waals surface area (Å²) in [5, 5.41) is 1.00. The lowest BCUT2D eigenvalue weighted by molar-refractivity contribution is 0.382. The van der Waals surface area contributed by atoms with Crippen LogP contribution in [0, 0.1) is 6.92 Å². The van der Waals surface area contributed by atoms with Crippen molar-refractivity contribution in [2.45, 2.75) is 31.7 Å². The molecule has 0 bridgehead atoms. The van der Waals surface area contributed by atoms with E-state index in [1.54, 1.807) is 8.71 Å². The fourth-order valence-electron chi connectivity index (χ4n) is 3.57. The first kappa shape index (κ1) is 19.7. The summed E-state index contributed by atoms with van der Waals surface area (Å²) < 4.78 is 30.4. The lowest BCUT2D eigenvalue weighted by Crippen LogP contribution is -2.49. The fraction of sp³-hybridized carbons (Fsp3) is 0.421. The number of halogens is 1. The average molecular weight is 439 g/mol. The second kappa shape index (κ2) is 7.33. The minimum absolute atomic E-state index is 0.0323. The maximum Gasteiger partial charge on any atom is 0.261 e. The van der Waals surface area contributed by atoms with E-state index in [1.807, 2.05) is 51.2 Å². The molecule has 1 aromatic carbocycles. The van der Waals surface area contributed by atoms with Gasteiger partial charge in [-0.25, -0.2) is 13.4 Å². The predicted octanol–water partition coefficient (Wildman–Crippen LogP) is 3.99. The van der Waals surface area contributed by atoms with Crippen LogP contribution in [0.25, 0.3) is 4.96 Å². The van der Waals surface area contributed by atoms with Crippen molar-refractivity contribution in [1.82, 2.24) is 13.7 Å². The fourth-order valence-corrected chi connectivity index (χ4v) is 6.46. The highest BCUT2D eigenvalue weighted by molar-refractivity contribution is 7.89. The largest absolute Gasteiger partial charge is 0.369 e. The maximum atomic E-state index is 13.5. The predicted molar refractivity (Wildman–Crippen MR) is 114 cm³/mol. The molecule has 0 spiro atoms. The van der Waals surface area contributed by atoms with Crippen LogP contribution in [0.1, 0.15) is 30.3 Å². The molecular weight excluding hydrogens is 416 g/mol. The van der Waals surface area contributed by atoms with Crippen LogP contribution in [0.15, 0.2) is 35.5 Å². The van der Waals surface area contributed by atoms with Crippen molar-refractivity contribution in [3.63, 3.8) is 0 Å². The summed E-state index contributed by atoms with van der Waals surface area (Å²) in [6.45, 7) is 8.05. The zero-order valence-electron chi connectivity index (χ0n) is 16.1. The van der Waals surface area contributed by atoms with Crippen LogP contribution in [0.2, 0.25) is 5.02 Å². The summed E-state index contributed by atoms with van der Waals surface area (Å²) in [5.74, 6) is 0.0323. The molecule has 6 nitrogen and oxygen atoms in total. The summed E-state index contributed by atoms with van der Waals surface area (Å²) in [4.78, 5) is 8.56. The molecule has 0 atom stereocenters. The van der Waals surface area contributed by atoms with E-state index in [9.17, 15) is 8.42 Å². The number of sulfonamides is 1. The van der Waals surface area contributed by atoms with E-state index in [1.165, 1.54) is 11.3 Å². The van der Waals surface area contributed by atoms with Crippen molar-refractivity contribution >= 4 is 43.6 Å². The van der Waals surface area contributed by atoms with Crippen LogP contribution < -0.4 is 4.90 Å². The minimum Gasteiger partial charge on any atom is -0.369 e. The number of piperazine rings is 1. The summed E-state index contributed by atoms with van der Waals surface area (Å²) in [7, 11) is -3.63. The SMILES string of the molecule is Cc1cn2c(S(=O)(=O)N3CCN(c4cccc(Cl)c4)CC3)c(C(C)C)nc2s1. The molecule has 0 radical (unpaired) electrons. The number of anilines is 1. The first-order chi connectivity index (χ1) is 13.3. The van der Waals surface area contributed by atoms with E-state index in [4.69, 9.17) is 11.6 Å². The monoisotopic (exact) mass is 438 g/mol. The Morgan fingerprint density at radius 3 is 2.54 bits per heavy atom. The lowest BCUT2D eigenvalue weighted by Gasteiger charge is -2.35. The first-order valence-electron chi connectivity index (χ1n) is 9.26. The quantitative estimate of drug-likeness (QED) is 0.618. The van der Waals surface area contributed by atoms with Gasteiger partial charge in [0.1, 0.15) is 0 Å². The van der Waals surface area contributed by atoms with Crippen molar-refractivity contribution < 1.29 is 8.42 Å². The molecule has 2 aromatic heterocycles. The molecule has 0 N–H and O–H groups in total. The molecular formula is C19H23ClN4O2S2. The van der Waals surface area contributed by atoms with Gasteiger partial charge in [-0.05, 0) is 31.0 Å². The first-order valence-corrected chi connectivity index (χ1v) is 11.9. The molecule has 4 rings (SSSR count). The third kappa shape index (κ3) is 3.43. The normalized spacial score (nSPS) is 16.4. The van der Waals surface area contributed by atoms with Crippen molar-refractivity contribution in [3.05, 3.63) is 46.1 Å². The van der Waals surface area contributed by atoms with E-state index in [0.717, 1.165) is 15.5 Å². The molecule has 0 aliphatic carbocycles. The molecule has 1 aliphatic heterocycles. The number of aromatic nitrogens is 2. The van der Waals surface area contributed by atoms with Crippen molar-refractivity contribution in [3.8, 4) is 0 Å². The molecule has 3 aromatic rings. The third-order valence-corrected chi connectivity index (χ3v) is 8.04. The molecule has 1 aliphatic rings. The number of benzene rings is 1.